The van der Waals surface area contributed by atoms with E-state index in [1.165, 1.54) is 0 Å². The molecule has 1 unspecified atom stereocenters. The van der Waals surface area contributed by atoms with Crippen LogP contribution in [0, 0.1) is 0 Å². The highest BCUT2D eigenvalue weighted by atomic mass is 16.8. The van der Waals surface area contributed by atoms with E-state index in [1.807, 2.05) is 44.2 Å². The average molecular weight is 292 g/mol. The molecule has 3 fully saturated rings. The summed E-state index contributed by atoms with van der Waals surface area (Å²) < 4.78 is 29.2. The third kappa shape index (κ3) is 2.72. The number of fused-ring (bicyclic) bond motifs is 1. The first-order chi connectivity index (χ1) is 10.1. The van der Waals surface area contributed by atoms with Crippen LogP contribution in [0.15, 0.2) is 30.3 Å². The minimum absolute atomic E-state index is 0.103. The van der Waals surface area contributed by atoms with Gasteiger partial charge in [0.1, 0.15) is 24.4 Å². The number of hydrogen-bond donors (Lipinski definition) is 0. The van der Waals surface area contributed by atoms with Gasteiger partial charge < -0.3 is 23.7 Å². The summed E-state index contributed by atoms with van der Waals surface area (Å²) >= 11 is 0. The molecule has 0 radical (unpaired) electrons. The Labute approximate surface area is 124 Å². The Bertz CT molecular complexity index is 499. The molecule has 3 saturated heterocycles. The minimum atomic E-state index is -0.626. The minimum Gasteiger partial charge on any atom is -0.370 e. The third-order valence-electron chi connectivity index (χ3n) is 4.04. The Balaban J connectivity index is 1.47. The third-order valence-corrected chi connectivity index (χ3v) is 4.04. The summed E-state index contributed by atoms with van der Waals surface area (Å²) in [5.41, 5.74) is 1.13. The normalized spacial score (nSPS) is 40.2. The Morgan fingerprint density at radius 2 is 1.90 bits per heavy atom. The molecule has 0 bridgehead atoms. The predicted molar refractivity (Wildman–Crippen MR) is 73.5 cm³/mol. The summed E-state index contributed by atoms with van der Waals surface area (Å²) in [5.74, 6) is -0.626. The zero-order valence-corrected chi connectivity index (χ0v) is 12.2. The summed E-state index contributed by atoms with van der Waals surface area (Å²) in [4.78, 5) is 0. The molecule has 1 aromatic carbocycles. The van der Waals surface area contributed by atoms with Crippen molar-refractivity contribution in [1.29, 1.82) is 0 Å². The number of hydrogen-bond acceptors (Lipinski definition) is 5. The highest BCUT2D eigenvalue weighted by molar-refractivity contribution is 5.13. The van der Waals surface area contributed by atoms with Crippen LogP contribution in [0.1, 0.15) is 19.4 Å². The van der Waals surface area contributed by atoms with Gasteiger partial charge in [0.2, 0.25) is 0 Å². The summed E-state index contributed by atoms with van der Waals surface area (Å²) in [7, 11) is 0. The smallest absolute Gasteiger partial charge is 0.190 e. The van der Waals surface area contributed by atoms with Gasteiger partial charge in [-0.05, 0) is 19.4 Å². The van der Waals surface area contributed by atoms with Crippen LogP contribution in [-0.4, -0.2) is 43.1 Å². The van der Waals surface area contributed by atoms with E-state index in [4.69, 9.17) is 23.7 Å². The van der Waals surface area contributed by atoms with Crippen molar-refractivity contribution in [1.82, 2.24) is 0 Å². The largest absolute Gasteiger partial charge is 0.370 e. The summed E-state index contributed by atoms with van der Waals surface area (Å²) in [6.45, 7) is 5.04. The van der Waals surface area contributed by atoms with Gasteiger partial charge in [-0.2, -0.15) is 0 Å². The van der Waals surface area contributed by atoms with Crippen LogP contribution in [0.5, 0.6) is 0 Å². The monoisotopic (exact) mass is 292 g/mol. The van der Waals surface area contributed by atoms with Crippen molar-refractivity contribution >= 4 is 0 Å². The first-order valence-electron chi connectivity index (χ1n) is 7.41. The van der Waals surface area contributed by atoms with Crippen LogP contribution < -0.4 is 0 Å². The van der Waals surface area contributed by atoms with Crippen molar-refractivity contribution in [2.24, 2.45) is 0 Å². The summed E-state index contributed by atoms with van der Waals surface area (Å²) in [6, 6.07) is 10.1. The quantitative estimate of drug-likeness (QED) is 0.793. The van der Waals surface area contributed by atoms with Gasteiger partial charge in [-0.1, -0.05) is 30.3 Å². The standard InChI is InChI=1S/C16H20O5/c1-16(2)20-14-13(18-8-10-6-4-3-5-7-10)12(11-9-17-11)19-15(14)21-16/h3-7,11-15H,8-9H2,1-2H3/t11?,12-,13+,14-,15-/m1/s1. The molecule has 1 aromatic rings. The van der Waals surface area contributed by atoms with Gasteiger partial charge in [0.25, 0.3) is 0 Å². The molecule has 0 aromatic heterocycles. The molecule has 0 aliphatic carbocycles. The molecule has 5 heteroatoms. The lowest BCUT2D eigenvalue weighted by Crippen LogP contribution is -2.39. The van der Waals surface area contributed by atoms with Crippen LogP contribution in [-0.2, 0) is 30.3 Å². The Morgan fingerprint density at radius 3 is 2.62 bits per heavy atom. The maximum atomic E-state index is 6.10. The van der Waals surface area contributed by atoms with Gasteiger partial charge in [0.15, 0.2) is 12.1 Å². The molecule has 21 heavy (non-hydrogen) atoms. The predicted octanol–water partition coefficient (Wildman–Crippen LogP) is 1.85. The highest BCUT2D eigenvalue weighted by Crippen LogP contribution is 2.42. The SMILES string of the molecule is CC1(C)O[C@H]2O[C@H](C3CO3)[C@H](OCc3ccccc3)[C@H]2O1. The van der Waals surface area contributed by atoms with E-state index in [0.29, 0.717) is 6.61 Å². The molecule has 0 amide bonds. The summed E-state index contributed by atoms with van der Waals surface area (Å²) in [5, 5.41) is 0. The number of epoxide rings is 1. The molecule has 5 atom stereocenters. The van der Waals surface area contributed by atoms with E-state index in [-0.39, 0.29) is 30.7 Å². The first-order valence-corrected chi connectivity index (χ1v) is 7.41. The molecule has 0 spiro atoms. The molecular formula is C16H20O5. The van der Waals surface area contributed by atoms with E-state index in [1.54, 1.807) is 0 Å². The molecule has 5 nitrogen and oxygen atoms in total. The maximum Gasteiger partial charge on any atom is 0.190 e. The van der Waals surface area contributed by atoms with Crippen molar-refractivity contribution in [2.45, 2.75) is 56.9 Å². The van der Waals surface area contributed by atoms with Crippen LogP contribution in [0.4, 0.5) is 0 Å². The maximum absolute atomic E-state index is 6.10. The van der Waals surface area contributed by atoms with Crippen molar-refractivity contribution in [3.8, 4) is 0 Å². The topological polar surface area (TPSA) is 49.5 Å². The second-order valence-electron chi connectivity index (χ2n) is 6.20. The van der Waals surface area contributed by atoms with E-state index < -0.39 is 5.79 Å². The lowest BCUT2D eigenvalue weighted by molar-refractivity contribution is -0.221. The van der Waals surface area contributed by atoms with Gasteiger partial charge in [0.05, 0.1) is 13.2 Å². The van der Waals surface area contributed by atoms with E-state index in [0.717, 1.165) is 12.2 Å². The van der Waals surface area contributed by atoms with Gasteiger partial charge in [-0.15, -0.1) is 0 Å². The zero-order chi connectivity index (χ0) is 14.4. The van der Waals surface area contributed by atoms with E-state index in [9.17, 15) is 0 Å². The van der Waals surface area contributed by atoms with Gasteiger partial charge in [-0.25, -0.2) is 0 Å². The van der Waals surface area contributed by atoms with Gasteiger partial charge >= 0.3 is 0 Å². The first kappa shape index (κ1) is 13.7. The molecule has 114 valence electrons. The fourth-order valence-electron chi connectivity index (χ4n) is 3.01. The van der Waals surface area contributed by atoms with Crippen molar-refractivity contribution < 1.29 is 23.7 Å². The lowest BCUT2D eigenvalue weighted by Gasteiger charge is -2.25. The Kier molecular flexibility index (Phi) is 3.28. The Morgan fingerprint density at radius 1 is 1.14 bits per heavy atom. The number of rotatable bonds is 4. The number of benzene rings is 1. The van der Waals surface area contributed by atoms with Crippen molar-refractivity contribution in [2.75, 3.05) is 6.61 Å². The molecule has 0 N–H and O–H groups in total. The fraction of sp³-hybridized carbons (Fsp3) is 0.625. The van der Waals surface area contributed by atoms with Crippen LogP contribution in [0.3, 0.4) is 0 Å². The molecule has 4 rings (SSSR count). The second kappa shape index (κ2) is 5.04. The van der Waals surface area contributed by atoms with Crippen molar-refractivity contribution in [3.63, 3.8) is 0 Å². The fourth-order valence-corrected chi connectivity index (χ4v) is 3.01. The van der Waals surface area contributed by atoms with Crippen LogP contribution in [0.2, 0.25) is 0 Å². The molecule has 0 saturated carbocycles. The lowest BCUT2D eigenvalue weighted by atomic mass is 10.1. The summed E-state index contributed by atoms with van der Waals surface area (Å²) in [6.07, 6.45) is -0.733. The van der Waals surface area contributed by atoms with Gasteiger partial charge in [-0.3, -0.25) is 0 Å². The highest BCUT2D eigenvalue weighted by Gasteiger charge is 2.59. The van der Waals surface area contributed by atoms with E-state index >= 15 is 0 Å². The van der Waals surface area contributed by atoms with Crippen molar-refractivity contribution in [3.05, 3.63) is 35.9 Å². The average Bonchev–Trinajstić information content (AvgIpc) is 3.18. The van der Waals surface area contributed by atoms with Crippen LogP contribution in [0.25, 0.3) is 0 Å². The molecule has 3 aliphatic heterocycles. The molecule has 3 heterocycles. The second-order valence-corrected chi connectivity index (χ2v) is 6.20. The van der Waals surface area contributed by atoms with Gasteiger partial charge in [0, 0.05) is 0 Å². The zero-order valence-electron chi connectivity index (χ0n) is 12.2. The van der Waals surface area contributed by atoms with E-state index in [2.05, 4.69) is 0 Å². The van der Waals surface area contributed by atoms with Crippen LogP contribution >= 0.6 is 0 Å². The molecular weight excluding hydrogens is 272 g/mol. The molecule has 3 aliphatic rings. The number of ether oxygens (including phenoxy) is 5. The Hall–Kier alpha value is -0.980.